The average molecular weight is 293 g/mol. The van der Waals surface area contributed by atoms with Crippen LogP contribution in [0.2, 0.25) is 0 Å². The van der Waals surface area contributed by atoms with E-state index in [1.807, 2.05) is 47.3 Å². The smallest absolute Gasteiger partial charge is 0.255 e. The first-order chi connectivity index (χ1) is 10.8. The van der Waals surface area contributed by atoms with Crippen molar-refractivity contribution < 1.29 is 9.90 Å². The van der Waals surface area contributed by atoms with Crippen molar-refractivity contribution in [3.63, 3.8) is 0 Å². The zero-order valence-corrected chi connectivity index (χ0v) is 11.8. The van der Waals surface area contributed by atoms with Gasteiger partial charge in [-0.05, 0) is 36.4 Å². The standard InChI is InChI=1S/C17H15N3O2/c21-12-14-6-7-18-11-16(14)19-17(22)13-4-3-5-15(10-13)20-8-1-2-9-20/h1-11,21H,12H2,(H,19,22). The number of benzene rings is 1. The van der Waals surface area contributed by atoms with Crippen LogP contribution in [0.3, 0.4) is 0 Å². The number of aliphatic hydroxyl groups is 1. The molecule has 0 radical (unpaired) electrons. The van der Waals surface area contributed by atoms with Crippen LogP contribution in [0.4, 0.5) is 5.69 Å². The number of nitrogens with zero attached hydrogens (tertiary/aromatic N) is 2. The van der Waals surface area contributed by atoms with Crippen molar-refractivity contribution in [1.82, 2.24) is 9.55 Å². The van der Waals surface area contributed by atoms with Crippen molar-refractivity contribution in [1.29, 1.82) is 0 Å². The summed E-state index contributed by atoms with van der Waals surface area (Å²) < 4.78 is 1.93. The Morgan fingerprint density at radius 3 is 2.77 bits per heavy atom. The Morgan fingerprint density at radius 1 is 1.18 bits per heavy atom. The van der Waals surface area contributed by atoms with Crippen LogP contribution in [-0.2, 0) is 6.61 Å². The van der Waals surface area contributed by atoms with Crippen molar-refractivity contribution in [3.05, 3.63) is 78.4 Å². The van der Waals surface area contributed by atoms with Crippen LogP contribution in [0.1, 0.15) is 15.9 Å². The molecule has 0 atom stereocenters. The largest absolute Gasteiger partial charge is 0.392 e. The van der Waals surface area contributed by atoms with Gasteiger partial charge in [-0.3, -0.25) is 9.78 Å². The van der Waals surface area contributed by atoms with Gasteiger partial charge in [-0.2, -0.15) is 0 Å². The molecular weight excluding hydrogens is 278 g/mol. The number of hydrogen-bond acceptors (Lipinski definition) is 3. The summed E-state index contributed by atoms with van der Waals surface area (Å²) in [6.07, 6.45) is 6.94. The number of carbonyl (C=O) groups is 1. The molecule has 3 rings (SSSR count). The third-order valence-corrected chi connectivity index (χ3v) is 3.34. The Balaban J connectivity index is 1.85. The number of carbonyl (C=O) groups excluding carboxylic acids is 1. The third kappa shape index (κ3) is 2.89. The van der Waals surface area contributed by atoms with Crippen LogP contribution < -0.4 is 5.32 Å². The molecule has 1 amide bonds. The third-order valence-electron chi connectivity index (χ3n) is 3.34. The predicted molar refractivity (Wildman–Crippen MR) is 83.9 cm³/mol. The van der Waals surface area contributed by atoms with Gasteiger partial charge in [0.05, 0.1) is 18.5 Å². The van der Waals surface area contributed by atoms with E-state index in [0.717, 1.165) is 5.69 Å². The SMILES string of the molecule is O=C(Nc1cnccc1CO)c1cccc(-n2cccc2)c1. The highest BCUT2D eigenvalue weighted by molar-refractivity contribution is 6.04. The minimum absolute atomic E-state index is 0.151. The summed E-state index contributed by atoms with van der Waals surface area (Å²) in [5.74, 6) is -0.239. The van der Waals surface area contributed by atoms with Gasteiger partial charge >= 0.3 is 0 Å². The molecule has 22 heavy (non-hydrogen) atoms. The lowest BCUT2D eigenvalue weighted by molar-refractivity contribution is 0.102. The fourth-order valence-electron chi connectivity index (χ4n) is 2.18. The van der Waals surface area contributed by atoms with Crippen molar-refractivity contribution >= 4 is 11.6 Å². The maximum atomic E-state index is 12.4. The van der Waals surface area contributed by atoms with Gasteiger partial charge in [0.1, 0.15) is 0 Å². The topological polar surface area (TPSA) is 67.2 Å². The maximum absolute atomic E-state index is 12.4. The second kappa shape index (κ2) is 6.24. The number of aliphatic hydroxyl groups excluding tert-OH is 1. The number of aromatic nitrogens is 2. The molecule has 0 spiro atoms. The Morgan fingerprint density at radius 2 is 2.00 bits per heavy atom. The molecule has 5 heteroatoms. The van der Waals surface area contributed by atoms with Gasteiger partial charge < -0.3 is 15.0 Å². The maximum Gasteiger partial charge on any atom is 0.255 e. The molecular formula is C17H15N3O2. The molecule has 2 aromatic heterocycles. The first-order valence-corrected chi connectivity index (χ1v) is 6.86. The molecule has 0 aliphatic rings. The molecule has 5 nitrogen and oxygen atoms in total. The molecule has 2 N–H and O–H groups in total. The number of hydrogen-bond donors (Lipinski definition) is 2. The fourth-order valence-corrected chi connectivity index (χ4v) is 2.18. The molecule has 0 bridgehead atoms. The summed E-state index contributed by atoms with van der Waals surface area (Å²) in [6, 6.07) is 12.8. The van der Waals surface area contributed by atoms with Crippen LogP contribution >= 0.6 is 0 Å². The van der Waals surface area contributed by atoms with E-state index in [1.165, 1.54) is 6.20 Å². The zero-order valence-electron chi connectivity index (χ0n) is 11.8. The minimum atomic E-state index is -0.239. The quantitative estimate of drug-likeness (QED) is 0.777. The van der Waals surface area contributed by atoms with Crippen molar-refractivity contribution in [2.45, 2.75) is 6.61 Å². The summed E-state index contributed by atoms with van der Waals surface area (Å²) in [4.78, 5) is 16.3. The normalized spacial score (nSPS) is 10.4. The predicted octanol–water partition coefficient (Wildman–Crippen LogP) is 2.62. The van der Waals surface area contributed by atoms with E-state index in [-0.39, 0.29) is 12.5 Å². The molecule has 0 aliphatic heterocycles. The average Bonchev–Trinajstić information content (AvgIpc) is 3.10. The lowest BCUT2D eigenvalue weighted by Gasteiger charge is -2.10. The highest BCUT2D eigenvalue weighted by Gasteiger charge is 2.10. The van der Waals surface area contributed by atoms with Gasteiger partial charge in [0.2, 0.25) is 0 Å². The lowest BCUT2D eigenvalue weighted by Crippen LogP contribution is -2.14. The van der Waals surface area contributed by atoms with E-state index >= 15 is 0 Å². The van der Waals surface area contributed by atoms with E-state index < -0.39 is 0 Å². The van der Waals surface area contributed by atoms with Gasteiger partial charge in [0.25, 0.3) is 5.91 Å². The Bertz CT molecular complexity index is 782. The number of rotatable bonds is 4. The van der Waals surface area contributed by atoms with Crippen LogP contribution in [0.25, 0.3) is 5.69 Å². The van der Waals surface area contributed by atoms with Gasteiger partial charge in [-0.25, -0.2) is 0 Å². The Labute approximate surface area is 127 Å². The minimum Gasteiger partial charge on any atom is -0.392 e. The molecule has 110 valence electrons. The van der Waals surface area contributed by atoms with E-state index in [9.17, 15) is 9.90 Å². The van der Waals surface area contributed by atoms with Gasteiger partial charge in [0.15, 0.2) is 0 Å². The van der Waals surface area contributed by atoms with Crippen LogP contribution in [0.5, 0.6) is 0 Å². The summed E-state index contributed by atoms with van der Waals surface area (Å²) in [7, 11) is 0. The van der Waals surface area contributed by atoms with Gasteiger partial charge in [-0.1, -0.05) is 6.07 Å². The molecule has 0 aliphatic carbocycles. The van der Waals surface area contributed by atoms with Crippen molar-refractivity contribution in [2.75, 3.05) is 5.32 Å². The van der Waals surface area contributed by atoms with Crippen LogP contribution in [0.15, 0.2) is 67.3 Å². The van der Waals surface area contributed by atoms with Crippen molar-refractivity contribution in [2.24, 2.45) is 0 Å². The molecule has 0 unspecified atom stereocenters. The number of amides is 1. The van der Waals surface area contributed by atoms with E-state index in [1.54, 1.807) is 18.3 Å². The van der Waals surface area contributed by atoms with Gasteiger partial charge in [0, 0.05) is 35.4 Å². The summed E-state index contributed by atoms with van der Waals surface area (Å²) >= 11 is 0. The summed E-state index contributed by atoms with van der Waals surface area (Å²) in [5, 5.41) is 12.1. The first kappa shape index (κ1) is 14.0. The van der Waals surface area contributed by atoms with Crippen LogP contribution in [0, 0.1) is 0 Å². The molecule has 3 aromatic rings. The highest BCUT2D eigenvalue weighted by atomic mass is 16.3. The zero-order chi connectivity index (χ0) is 15.4. The van der Waals surface area contributed by atoms with E-state index in [4.69, 9.17) is 0 Å². The highest BCUT2D eigenvalue weighted by Crippen LogP contribution is 2.16. The van der Waals surface area contributed by atoms with Crippen molar-refractivity contribution in [3.8, 4) is 5.69 Å². The number of pyridine rings is 1. The number of nitrogens with one attached hydrogen (secondary N) is 1. The monoisotopic (exact) mass is 293 g/mol. The molecule has 0 saturated carbocycles. The molecule has 2 heterocycles. The second-order valence-corrected chi connectivity index (χ2v) is 4.79. The fraction of sp³-hybridized carbons (Fsp3) is 0.0588. The Hall–Kier alpha value is -2.92. The molecule has 1 aromatic carbocycles. The summed E-state index contributed by atoms with van der Waals surface area (Å²) in [5.41, 5.74) is 2.59. The van der Waals surface area contributed by atoms with E-state index in [2.05, 4.69) is 10.3 Å². The number of anilines is 1. The van der Waals surface area contributed by atoms with Crippen LogP contribution in [-0.4, -0.2) is 20.6 Å². The summed E-state index contributed by atoms with van der Waals surface area (Å²) in [6.45, 7) is -0.151. The molecule has 0 saturated heterocycles. The van der Waals surface area contributed by atoms with E-state index in [0.29, 0.717) is 16.8 Å². The first-order valence-electron chi connectivity index (χ1n) is 6.86. The molecule has 0 fully saturated rings. The van der Waals surface area contributed by atoms with Gasteiger partial charge in [-0.15, -0.1) is 0 Å². The second-order valence-electron chi connectivity index (χ2n) is 4.79. The lowest BCUT2D eigenvalue weighted by atomic mass is 10.1. The Kier molecular flexibility index (Phi) is 3.98.